The summed E-state index contributed by atoms with van der Waals surface area (Å²) in [6, 6.07) is 9.64. The van der Waals surface area contributed by atoms with Gasteiger partial charge in [0.25, 0.3) is 10.0 Å². The zero-order valence-corrected chi connectivity index (χ0v) is 17.5. The quantitative estimate of drug-likeness (QED) is 0.691. The van der Waals surface area contributed by atoms with E-state index in [1.165, 1.54) is 53.9 Å². The zero-order chi connectivity index (χ0) is 20.2. The van der Waals surface area contributed by atoms with Gasteiger partial charge in [-0.15, -0.1) is 0 Å². The third-order valence-corrected chi connectivity index (χ3v) is 7.62. The van der Waals surface area contributed by atoms with Crippen LogP contribution in [0.15, 0.2) is 52.3 Å². The van der Waals surface area contributed by atoms with Crippen LogP contribution in [0.4, 0.5) is 5.69 Å². The summed E-state index contributed by atoms with van der Waals surface area (Å²) in [5, 5.41) is 0.168. The molecule has 27 heavy (non-hydrogen) atoms. The van der Waals surface area contributed by atoms with Crippen LogP contribution in [0.5, 0.6) is 5.75 Å². The number of hydrogen-bond donors (Lipinski definition) is 1. The topological polar surface area (TPSA) is 92.8 Å². The fourth-order valence-electron chi connectivity index (χ4n) is 2.44. The standard InChI is InChI=1S/C17H21ClN2O5S2/c1-4-20(5-2)27(23,24)14-8-6-13(7-9-14)19-26(21,22)15-10-11-17(25-3)16(18)12-15/h6-12,19H,4-5H2,1-3H3. The molecule has 0 spiro atoms. The maximum absolute atomic E-state index is 12.5. The van der Waals surface area contributed by atoms with Crippen molar-refractivity contribution in [3.05, 3.63) is 47.5 Å². The zero-order valence-electron chi connectivity index (χ0n) is 15.1. The van der Waals surface area contributed by atoms with Gasteiger partial charge in [0.15, 0.2) is 0 Å². The molecular formula is C17H21ClN2O5S2. The molecule has 2 rings (SSSR count). The Bertz CT molecular complexity index is 1000. The highest BCUT2D eigenvalue weighted by molar-refractivity contribution is 7.92. The van der Waals surface area contributed by atoms with Crippen LogP contribution < -0.4 is 9.46 Å². The van der Waals surface area contributed by atoms with Gasteiger partial charge in [0.2, 0.25) is 10.0 Å². The van der Waals surface area contributed by atoms with Gasteiger partial charge in [-0.1, -0.05) is 25.4 Å². The van der Waals surface area contributed by atoms with E-state index in [-0.39, 0.29) is 20.5 Å². The first kappa shape index (κ1) is 21.5. The van der Waals surface area contributed by atoms with Crippen LogP contribution in [-0.4, -0.2) is 41.3 Å². The van der Waals surface area contributed by atoms with E-state index in [0.29, 0.717) is 18.8 Å². The average Bonchev–Trinajstić information content (AvgIpc) is 2.62. The van der Waals surface area contributed by atoms with Gasteiger partial charge in [0.1, 0.15) is 5.75 Å². The third kappa shape index (κ3) is 4.73. The van der Waals surface area contributed by atoms with E-state index in [1.54, 1.807) is 13.8 Å². The number of ether oxygens (including phenoxy) is 1. The molecule has 1 N–H and O–H groups in total. The molecule has 0 saturated heterocycles. The molecule has 2 aromatic rings. The molecule has 0 aliphatic rings. The summed E-state index contributed by atoms with van der Waals surface area (Å²) in [4.78, 5) is 0.0646. The molecule has 0 atom stereocenters. The summed E-state index contributed by atoms with van der Waals surface area (Å²) in [7, 11) is -6.06. The Morgan fingerprint density at radius 2 is 1.52 bits per heavy atom. The number of anilines is 1. The number of rotatable bonds is 8. The van der Waals surface area contributed by atoms with Crippen molar-refractivity contribution < 1.29 is 21.6 Å². The van der Waals surface area contributed by atoms with Crippen molar-refractivity contribution in [1.82, 2.24) is 4.31 Å². The molecule has 0 aliphatic heterocycles. The van der Waals surface area contributed by atoms with Crippen LogP contribution in [-0.2, 0) is 20.0 Å². The minimum absolute atomic E-state index is 0.0341. The molecule has 7 nitrogen and oxygen atoms in total. The van der Waals surface area contributed by atoms with E-state index in [9.17, 15) is 16.8 Å². The molecule has 0 heterocycles. The highest BCUT2D eigenvalue weighted by Crippen LogP contribution is 2.28. The Balaban J connectivity index is 2.27. The number of hydrogen-bond acceptors (Lipinski definition) is 5. The first-order valence-corrected chi connectivity index (χ1v) is 11.4. The van der Waals surface area contributed by atoms with Crippen molar-refractivity contribution in [2.24, 2.45) is 0 Å². The van der Waals surface area contributed by atoms with E-state index in [4.69, 9.17) is 16.3 Å². The smallest absolute Gasteiger partial charge is 0.261 e. The van der Waals surface area contributed by atoms with Crippen molar-refractivity contribution in [1.29, 1.82) is 0 Å². The Kier molecular flexibility index (Phi) is 6.74. The highest BCUT2D eigenvalue weighted by Gasteiger charge is 2.22. The number of benzene rings is 2. The summed E-state index contributed by atoms with van der Waals surface area (Å²) in [6.45, 7) is 4.21. The molecule has 0 aliphatic carbocycles. The fraction of sp³-hybridized carbons (Fsp3) is 0.294. The normalized spacial score (nSPS) is 12.2. The van der Waals surface area contributed by atoms with Gasteiger partial charge in [-0.3, -0.25) is 4.72 Å². The highest BCUT2D eigenvalue weighted by atomic mass is 35.5. The first-order chi connectivity index (χ1) is 12.7. The lowest BCUT2D eigenvalue weighted by Gasteiger charge is -2.18. The van der Waals surface area contributed by atoms with Gasteiger partial charge in [0, 0.05) is 18.8 Å². The summed E-state index contributed by atoms with van der Waals surface area (Å²) < 4.78 is 58.7. The first-order valence-electron chi connectivity index (χ1n) is 8.12. The van der Waals surface area contributed by atoms with Crippen LogP contribution in [0.3, 0.4) is 0 Å². The molecular weight excluding hydrogens is 412 g/mol. The molecule has 0 fully saturated rings. The number of halogens is 1. The lowest BCUT2D eigenvalue weighted by atomic mass is 10.3. The summed E-state index contributed by atoms with van der Waals surface area (Å²) in [5.74, 6) is 0.363. The van der Waals surface area contributed by atoms with Gasteiger partial charge in [-0.05, 0) is 42.5 Å². The Hall–Kier alpha value is -1.81. The second-order valence-electron chi connectivity index (χ2n) is 5.52. The summed E-state index contributed by atoms with van der Waals surface area (Å²) in [6.07, 6.45) is 0. The van der Waals surface area contributed by atoms with E-state index in [2.05, 4.69) is 4.72 Å². The van der Waals surface area contributed by atoms with Gasteiger partial charge < -0.3 is 4.74 Å². The second-order valence-corrected chi connectivity index (χ2v) is 9.54. The fourth-order valence-corrected chi connectivity index (χ4v) is 5.30. The van der Waals surface area contributed by atoms with Crippen molar-refractivity contribution in [3.63, 3.8) is 0 Å². The molecule has 0 unspecified atom stereocenters. The lowest BCUT2D eigenvalue weighted by molar-refractivity contribution is 0.414. The molecule has 2 aromatic carbocycles. The molecule has 0 bridgehead atoms. The maximum atomic E-state index is 12.5. The second kappa shape index (κ2) is 8.47. The van der Waals surface area contributed by atoms with Crippen molar-refractivity contribution in [3.8, 4) is 5.75 Å². The Morgan fingerprint density at radius 1 is 0.963 bits per heavy atom. The predicted octanol–water partition coefficient (Wildman–Crippen LogP) is 3.18. The number of sulfonamides is 2. The summed E-state index contributed by atoms with van der Waals surface area (Å²) in [5.41, 5.74) is 0.237. The molecule has 0 radical (unpaired) electrons. The van der Waals surface area contributed by atoms with Crippen LogP contribution in [0, 0.1) is 0 Å². The van der Waals surface area contributed by atoms with E-state index in [0.717, 1.165) is 0 Å². The molecule has 148 valence electrons. The number of nitrogens with zero attached hydrogens (tertiary/aromatic N) is 1. The van der Waals surface area contributed by atoms with Crippen molar-refractivity contribution >= 4 is 37.3 Å². The van der Waals surface area contributed by atoms with E-state index >= 15 is 0 Å². The van der Waals surface area contributed by atoms with Crippen LogP contribution >= 0.6 is 11.6 Å². The molecule has 10 heteroatoms. The molecule has 0 saturated carbocycles. The Morgan fingerprint density at radius 3 is 2.00 bits per heavy atom. The largest absolute Gasteiger partial charge is 0.495 e. The number of nitrogens with one attached hydrogen (secondary N) is 1. The van der Waals surface area contributed by atoms with Gasteiger partial charge in [-0.2, -0.15) is 4.31 Å². The SMILES string of the molecule is CCN(CC)S(=O)(=O)c1ccc(NS(=O)(=O)c2ccc(OC)c(Cl)c2)cc1. The van der Waals surface area contributed by atoms with E-state index < -0.39 is 20.0 Å². The molecule has 0 aromatic heterocycles. The average molecular weight is 433 g/mol. The Labute approximate surface area is 165 Å². The lowest BCUT2D eigenvalue weighted by Crippen LogP contribution is -2.30. The minimum atomic E-state index is -3.88. The van der Waals surface area contributed by atoms with Gasteiger partial charge in [-0.25, -0.2) is 16.8 Å². The van der Waals surface area contributed by atoms with Crippen LogP contribution in [0.25, 0.3) is 0 Å². The van der Waals surface area contributed by atoms with Crippen LogP contribution in [0.2, 0.25) is 5.02 Å². The molecule has 0 amide bonds. The maximum Gasteiger partial charge on any atom is 0.261 e. The monoisotopic (exact) mass is 432 g/mol. The third-order valence-electron chi connectivity index (χ3n) is 3.88. The predicted molar refractivity (Wildman–Crippen MR) is 105 cm³/mol. The number of methoxy groups -OCH3 is 1. The van der Waals surface area contributed by atoms with Crippen molar-refractivity contribution in [2.45, 2.75) is 23.6 Å². The van der Waals surface area contributed by atoms with Crippen LogP contribution in [0.1, 0.15) is 13.8 Å². The van der Waals surface area contributed by atoms with Gasteiger partial charge >= 0.3 is 0 Å². The summed E-state index contributed by atoms with van der Waals surface area (Å²) >= 11 is 5.98. The van der Waals surface area contributed by atoms with E-state index in [1.807, 2.05) is 0 Å². The van der Waals surface area contributed by atoms with Crippen molar-refractivity contribution in [2.75, 3.05) is 24.9 Å². The van der Waals surface area contributed by atoms with Gasteiger partial charge in [0.05, 0.1) is 21.9 Å². The minimum Gasteiger partial charge on any atom is -0.495 e.